The lowest BCUT2D eigenvalue weighted by Crippen LogP contribution is -2.41. The zero-order valence-corrected chi connectivity index (χ0v) is 17.3. The van der Waals surface area contributed by atoms with Gasteiger partial charge in [0.1, 0.15) is 11.3 Å². The molecule has 1 aliphatic heterocycles. The minimum atomic E-state index is 0.383. The normalized spacial score (nSPS) is 15.4. The fourth-order valence-corrected chi connectivity index (χ4v) is 3.98. The van der Waals surface area contributed by atoms with E-state index in [9.17, 15) is 0 Å². The third kappa shape index (κ3) is 4.66. The van der Waals surface area contributed by atoms with Gasteiger partial charge in [0.15, 0.2) is 5.65 Å². The van der Waals surface area contributed by atoms with Gasteiger partial charge in [-0.1, -0.05) is 0 Å². The van der Waals surface area contributed by atoms with Crippen LogP contribution in [-0.4, -0.2) is 61.6 Å². The quantitative estimate of drug-likeness (QED) is 0.451. The number of nitrogens with zero attached hydrogens (tertiary/aromatic N) is 6. The second kappa shape index (κ2) is 9.13. The molecule has 4 aromatic heterocycles. The van der Waals surface area contributed by atoms with Gasteiger partial charge in [-0.3, -0.25) is 4.57 Å². The van der Waals surface area contributed by atoms with E-state index in [1.165, 1.54) is 0 Å². The summed E-state index contributed by atoms with van der Waals surface area (Å²) >= 11 is 0. The van der Waals surface area contributed by atoms with Crippen LogP contribution in [0.15, 0.2) is 59.6 Å². The Hall–Kier alpha value is -3.46. The molecule has 9 nitrogen and oxygen atoms in total. The number of fused-ring (bicyclic) bond motifs is 1. The second-order valence-corrected chi connectivity index (χ2v) is 7.71. The summed E-state index contributed by atoms with van der Waals surface area (Å²) < 4.78 is 7.66. The first-order valence-electron chi connectivity index (χ1n) is 10.7. The molecular formula is C22H26N8O. The van der Waals surface area contributed by atoms with E-state index in [-0.39, 0.29) is 0 Å². The van der Waals surface area contributed by atoms with E-state index in [4.69, 9.17) is 9.40 Å². The zero-order chi connectivity index (χ0) is 20.9. The van der Waals surface area contributed by atoms with Crippen LogP contribution in [0.25, 0.3) is 11.2 Å². The van der Waals surface area contributed by atoms with Crippen molar-refractivity contribution in [2.75, 3.05) is 36.8 Å². The van der Waals surface area contributed by atoms with Gasteiger partial charge < -0.3 is 20.0 Å². The van der Waals surface area contributed by atoms with Gasteiger partial charge >= 0.3 is 0 Å². The molecule has 1 fully saturated rings. The molecule has 31 heavy (non-hydrogen) atoms. The van der Waals surface area contributed by atoms with Gasteiger partial charge in [0.05, 0.1) is 12.8 Å². The van der Waals surface area contributed by atoms with E-state index in [1.54, 1.807) is 24.9 Å². The van der Waals surface area contributed by atoms with Gasteiger partial charge in [-0.2, -0.15) is 0 Å². The SMILES string of the molecule is c1cnc(NCCN2CCC(Nc3nc4cccnc4n3Cc3ccco3)CC2)nc1. The van der Waals surface area contributed by atoms with Crippen LogP contribution in [0.3, 0.4) is 0 Å². The average Bonchev–Trinajstić information content (AvgIpc) is 3.44. The van der Waals surface area contributed by atoms with Crippen molar-refractivity contribution in [3.05, 3.63) is 60.9 Å². The molecule has 0 amide bonds. The van der Waals surface area contributed by atoms with Crippen molar-refractivity contribution in [2.24, 2.45) is 0 Å². The van der Waals surface area contributed by atoms with E-state index in [0.717, 1.165) is 61.9 Å². The number of furan rings is 1. The summed E-state index contributed by atoms with van der Waals surface area (Å²) in [6.07, 6.45) is 9.14. The maximum Gasteiger partial charge on any atom is 0.222 e. The number of aromatic nitrogens is 5. The van der Waals surface area contributed by atoms with Crippen LogP contribution < -0.4 is 10.6 Å². The van der Waals surface area contributed by atoms with Gasteiger partial charge in [-0.25, -0.2) is 19.9 Å². The third-order valence-electron chi connectivity index (χ3n) is 5.60. The molecule has 0 radical (unpaired) electrons. The molecule has 1 saturated heterocycles. The van der Waals surface area contributed by atoms with Crippen LogP contribution in [0, 0.1) is 0 Å². The Kier molecular flexibility index (Phi) is 5.74. The van der Waals surface area contributed by atoms with Gasteiger partial charge in [0, 0.05) is 50.8 Å². The number of likely N-dealkylation sites (tertiary alicyclic amines) is 1. The summed E-state index contributed by atoms with van der Waals surface area (Å²) in [6, 6.07) is 10.0. The predicted octanol–water partition coefficient (Wildman–Crippen LogP) is 2.85. The van der Waals surface area contributed by atoms with E-state index in [2.05, 4.69) is 35.1 Å². The standard InChI is InChI=1S/C22H26N8O/c1-5-19-20(23-8-1)30(16-18-4-2-15-31-18)22(28-19)27-17-6-12-29(13-7-17)14-11-26-21-24-9-3-10-25-21/h1-5,8-10,15,17H,6-7,11-14,16H2,(H,27,28)(H,24,25,26). The summed E-state index contributed by atoms with van der Waals surface area (Å²) in [4.78, 5) is 20.2. The van der Waals surface area contributed by atoms with Crippen molar-refractivity contribution in [3.63, 3.8) is 0 Å². The largest absolute Gasteiger partial charge is 0.467 e. The lowest BCUT2D eigenvalue weighted by atomic mass is 10.1. The Morgan fingerprint density at radius 1 is 1.00 bits per heavy atom. The molecule has 5 heterocycles. The highest BCUT2D eigenvalue weighted by Gasteiger charge is 2.22. The monoisotopic (exact) mass is 418 g/mol. The second-order valence-electron chi connectivity index (χ2n) is 7.71. The molecule has 0 aromatic carbocycles. The Morgan fingerprint density at radius 2 is 1.84 bits per heavy atom. The van der Waals surface area contributed by atoms with Crippen LogP contribution in [0.4, 0.5) is 11.9 Å². The molecule has 5 rings (SSSR count). The van der Waals surface area contributed by atoms with Crippen molar-refractivity contribution in [1.29, 1.82) is 0 Å². The Labute approximate surface area is 180 Å². The average molecular weight is 419 g/mol. The fraction of sp³-hybridized carbons (Fsp3) is 0.364. The highest BCUT2D eigenvalue weighted by atomic mass is 16.3. The van der Waals surface area contributed by atoms with Gasteiger partial charge in [0.2, 0.25) is 11.9 Å². The molecule has 1 aliphatic rings. The number of rotatable bonds is 8. The Bertz CT molecular complexity index is 1090. The lowest BCUT2D eigenvalue weighted by molar-refractivity contribution is 0.226. The number of imidazole rings is 1. The molecule has 0 aliphatic carbocycles. The fourth-order valence-electron chi connectivity index (χ4n) is 3.98. The number of pyridine rings is 1. The number of nitrogens with one attached hydrogen (secondary N) is 2. The number of hydrogen-bond donors (Lipinski definition) is 2. The molecule has 0 unspecified atom stereocenters. The van der Waals surface area contributed by atoms with E-state index < -0.39 is 0 Å². The zero-order valence-electron chi connectivity index (χ0n) is 17.3. The van der Waals surface area contributed by atoms with Crippen LogP contribution in [-0.2, 0) is 6.54 Å². The number of hydrogen-bond acceptors (Lipinski definition) is 8. The first kappa shape index (κ1) is 19.5. The summed E-state index contributed by atoms with van der Waals surface area (Å²) in [5, 5.41) is 6.94. The summed E-state index contributed by atoms with van der Waals surface area (Å²) in [6.45, 7) is 4.52. The Morgan fingerprint density at radius 3 is 2.65 bits per heavy atom. The predicted molar refractivity (Wildman–Crippen MR) is 119 cm³/mol. The van der Waals surface area contributed by atoms with Crippen LogP contribution in [0.5, 0.6) is 0 Å². The first-order valence-corrected chi connectivity index (χ1v) is 10.7. The van der Waals surface area contributed by atoms with Crippen molar-refractivity contribution in [3.8, 4) is 0 Å². The summed E-state index contributed by atoms with van der Waals surface area (Å²) in [5.41, 5.74) is 1.76. The van der Waals surface area contributed by atoms with Crippen molar-refractivity contribution < 1.29 is 4.42 Å². The highest BCUT2D eigenvalue weighted by molar-refractivity contribution is 5.74. The molecule has 9 heteroatoms. The lowest BCUT2D eigenvalue weighted by Gasteiger charge is -2.32. The third-order valence-corrected chi connectivity index (χ3v) is 5.60. The molecule has 0 spiro atoms. The topological polar surface area (TPSA) is 96.9 Å². The van der Waals surface area contributed by atoms with E-state index in [0.29, 0.717) is 18.5 Å². The molecule has 2 N–H and O–H groups in total. The van der Waals surface area contributed by atoms with Gasteiger partial charge in [-0.05, 0) is 43.2 Å². The van der Waals surface area contributed by atoms with Crippen molar-refractivity contribution >= 4 is 23.1 Å². The highest BCUT2D eigenvalue weighted by Crippen LogP contribution is 2.22. The number of piperidine rings is 1. The molecule has 160 valence electrons. The molecule has 0 atom stereocenters. The van der Waals surface area contributed by atoms with Crippen LogP contribution in [0.1, 0.15) is 18.6 Å². The maximum absolute atomic E-state index is 5.56. The van der Waals surface area contributed by atoms with Gasteiger partial charge in [-0.15, -0.1) is 0 Å². The summed E-state index contributed by atoms with van der Waals surface area (Å²) in [5.74, 6) is 2.42. The Balaban J connectivity index is 1.18. The summed E-state index contributed by atoms with van der Waals surface area (Å²) in [7, 11) is 0. The van der Waals surface area contributed by atoms with E-state index >= 15 is 0 Å². The molecule has 0 saturated carbocycles. The smallest absolute Gasteiger partial charge is 0.222 e. The van der Waals surface area contributed by atoms with Gasteiger partial charge in [0.25, 0.3) is 0 Å². The van der Waals surface area contributed by atoms with Crippen molar-refractivity contribution in [2.45, 2.75) is 25.4 Å². The number of anilines is 2. The minimum absolute atomic E-state index is 0.383. The van der Waals surface area contributed by atoms with E-state index in [1.807, 2.05) is 30.3 Å². The molecule has 0 bridgehead atoms. The first-order chi connectivity index (χ1) is 15.3. The van der Waals surface area contributed by atoms with Crippen molar-refractivity contribution in [1.82, 2.24) is 29.4 Å². The molecular weight excluding hydrogens is 392 g/mol. The van der Waals surface area contributed by atoms with Crippen LogP contribution in [0.2, 0.25) is 0 Å². The maximum atomic E-state index is 5.56. The molecule has 4 aromatic rings. The van der Waals surface area contributed by atoms with Crippen LogP contribution >= 0.6 is 0 Å². The minimum Gasteiger partial charge on any atom is -0.467 e.